The molecule has 152 valence electrons. The first-order chi connectivity index (χ1) is 13.3. The van der Waals surface area contributed by atoms with Gasteiger partial charge in [0.25, 0.3) is 0 Å². The summed E-state index contributed by atoms with van der Waals surface area (Å²) in [6.45, 7) is 4.07. The van der Waals surface area contributed by atoms with Crippen LogP contribution in [0.15, 0.2) is 35.7 Å². The highest BCUT2D eigenvalue weighted by molar-refractivity contribution is 7.89. The molecule has 0 radical (unpaired) electrons. The highest BCUT2D eigenvalue weighted by atomic mass is 32.2. The average Bonchev–Trinajstić information content (AvgIpc) is 3.30. The Hall–Kier alpha value is -1.84. The third-order valence-corrected chi connectivity index (χ3v) is 6.68. The molecule has 1 amide bonds. The van der Waals surface area contributed by atoms with Gasteiger partial charge >= 0.3 is 0 Å². The molecule has 1 aliphatic heterocycles. The predicted octanol–water partition coefficient (Wildman–Crippen LogP) is 2.82. The maximum Gasteiger partial charge on any atom is 0.241 e. The number of sulfonamides is 1. The first-order valence-electron chi connectivity index (χ1n) is 9.17. The van der Waals surface area contributed by atoms with Crippen molar-refractivity contribution in [2.45, 2.75) is 38.8 Å². The monoisotopic (exact) mass is 425 g/mol. The molecule has 28 heavy (non-hydrogen) atoms. The van der Waals surface area contributed by atoms with Gasteiger partial charge in [-0.05, 0) is 6.42 Å². The number of nitrogens with zero attached hydrogens (tertiary/aromatic N) is 2. The largest absolute Gasteiger partial charge is 0.337 e. The van der Waals surface area contributed by atoms with Crippen molar-refractivity contribution in [3.05, 3.63) is 41.4 Å². The topological polar surface area (TPSA) is 79.4 Å². The van der Waals surface area contributed by atoms with Gasteiger partial charge in [0, 0.05) is 35.9 Å². The third-order valence-electron chi connectivity index (χ3n) is 4.79. The fraction of sp³-hybridized carbons (Fsp3) is 0.474. The number of hydrogen-bond donors (Lipinski definition) is 1. The lowest BCUT2D eigenvalue weighted by Gasteiger charge is -2.29. The van der Waals surface area contributed by atoms with E-state index < -0.39 is 22.1 Å². The molecule has 2 unspecified atom stereocenters. The van der Waals surface area contributed by atoms with Crippen molar-refractivity contribution >= 4 is 27.3 Å². The van der Waals surface area contributed by atoms with Crippen LogP contribution in [0.25, 0.3) is 10.6 Å². The minimum atomic E-state index is -4.01. The van der Waals surface area contributed by atoms with Crippen LogP contribution < -0.4 is 4.72 Å². The van der Waals surface area contributed by atoms with Crippen LogP contribution >= 0.6 is 11.3 Å². The van der Waals surface area contributed by atoms with Gasteiger partial charge in [-0.2, -0.15) is 0 Å². The Kier molecular flexibility index (Phi) is 6.47. The Bertz CT molecular complexity index is 916. The second-order valence-corrected chi connectivity index (χ2v) is 9.75. The van der Waals surface area contributed by atoms with Crippen LogP contribution in [0.3, 0.4) is 0 Å². The minimum Gasteiger partial charge on any atom is -0.337 e. The fourth-order valence-corrected chi connectivity index (χ4v) is 5.08. The number of alkyl halides is 1. The number of carbonyl (C=O) groups is 1. The third kappa shape index (κ3) is 4.76. The zero-order chi connectivity index (χ0) is 20.3. The van der Waals surface area contributed by atoms with E-state index in [1.165, 1.54) is 11.3 Å². The number of thiazole rings is 1. The Morgan fingerprint density at radius 2 is 2.07 bits per heavy atom. The number of likely N-dealkylation sites (tertiary alicyclic amines) is 1. The lowest BCUT2D eigenvalue weighted by Crippen LogP contribution is -2.49. The average molecular weight is 426 g/mol. The van der Waals surface area contributed by atoms with Crippen LogP contribution in [0.2, 0.25) is 0 Å². The van der Waals surface area contributed by atoms with Crippen molar-refractivity contribution in [2.75, 3.05) is 12.6 Å². The second kappa shape index (κ2) is 8.67. The quantitative estimate of drug-likeness (QED) is 0.740. The van der Waals surface area contributed by atoms with Gasteiger partial charge in [0.1, 0.15) is 5.01 Å². The van der Waals surface area contributed by atoms with E-state index in [0.717, 1.165) is 16.3 Å². The van der Waals surface area contributed by atoms with E-state index in [2.05, 4.69) is 9.71 Å². The highest BCUT2D eigenvalue weighted by Gasteiger charge is 2.39. The van der Waals surface area contributed by atoms with E-state index in [-0.39, 0.29) is 17.9 Å². The summed E-state index contributed by atoms with van der Waals surface area (Å²) in [4.78, 5) is 19.0. The van der Waals surface area contributed by atoms with Crippen LogP contribution in [0.1, 0.15) is 26.0 Å². The fourth-order valence-electron chi connectivity index (χ4n) is 3.44. The molecule has 1 N–H and O–H groups in total. The van der Waals surface area contributed by atoms with Crippen LogP contribution in [0, 0.1) is 5.92 Å². The maximum atomic E-state index is 12.8. The van der Waals surface area contributed by atoms with Gasteiger partial charge in [-0.1, -0.05) is 44.2 Å². The van der Waals surface area contributed by atoms with Crippen molar-refractivity contribution in [3.8, 4) is 10.6 Å². The van der Waals surface area contributed by atoms with E-state index in [1.807, 2.05) is 49.6 Å². The van der Waals surface area contributed by atoms with E-state index in [9.17, 15) is 17.6 Å². The first kappa shape index (κ1) is 20.9. The summed E-state index contributed by atoms with van der Waals surface area (Å²) in [5.74, 6) is -0.236. The van der Waals surface area contributed by atoms with E-state index in [0.29, 0.717) is 19.4 Å². The molecule has 3 rings (SSSR count). The molecular weight excluding hydrogens is 401 g/mol. The molecular formula is C19H24FN3O3S2. The zero-order valence-corrected chi connectivity index (χ0v) is 17.5. The molecule has 2 atom stereocenters. The van der Waals surface area contributed by atoms with Crippen molar-refractivity contribution in [2.24, 2.45) is 5.92 Å². The number of hydrogen-bond acceptors (Lipinski definition) is 5. The van der Waals surface area contributed by atoms with Gasteiger partial charge < -0.3 is 4.90 Å². The smallest absolute Gasteiger partial charge is 0.241 e. The van der Waals surface area contributed by atoms with E-state index in [4.69, 9.17) is 0 Å². The maximum absolute atomic E-state index is 12.8. The molecule has 0 bridgehead atoms. The van der Waals surface area contributed by atoms with Crippen molar-refractivity contribution in [1.82, 2.24) is 14.6 Å². The van der Waals surface area contributed by atoms with Crippen LogP contribution in [-0.2, 0) is 21.2 Å². The normalized spacial score (nSPS) is 20.1. The Morgan fingerprint density at radius 3 is 2.71 bits per heavy atom. The molecule has 2 heterocycles. The number of rotatable bonds is 7. The highest BCUT2D eigenvalue weighted by Crippen LogP contribution is 2.28. The van der Waals surface area contributed by atoms with E-state index in [1.54, 1.807) is 4.90 Å². The molecule has 6 nitrogen and oxygen atoms in total. The van der Waals surface area contributed by atoms with Gasteiger partial charge in [0.2, 0.25) is 21.9 Å². The molecule has 0 saturated carbocycles. The molecule has 1 aromatic heterocycles. The standard InChI is InChI=1S/C19H24FN3O3S2/c1-13(2)19(24)23-9-8-16(22-28(25,26)12-20)17(23)10-15-11-27-18(21-15)14-6-4-3-5-7-14/h3-7,11,13,16-17,22H,8-10,12H2,1-2H3. The molecule has 2 aromatic rings. The van der Waals surface area contributed by atoms with Crippen LogP contribution in [0.4, 0.5) is 4.39 Å². The van der Waals surface area contributed by atoms with Crippen molar-refractivity contribution < 1.29 is 17.6 Å². The molecule has 1 fully saturated rings. The molecule has 1 aromatic carbocycles. The minimum absolute atomic E-state index is 0.0366. The van der Waals surface area contributed by atoms with Gasteiger partial charge in [-0.15, -0.1) is 11.3 Å². The van der Waals surface area contributed by atoms with Gasteiger partial charge in [-0.25, -0.2) is 22.5 Å². The van der Waals surface area contributed by atoms with E-state index >= 15 is 0 Å². The summed E-state index contributed by atoms with van der Waals surface area (Å²) in [5, 5.41) is 2.80. The molecule has 9 heteroatoms. The number of nitrogens with one attached hydrogen (secondary N) is 1. The second-order valence-electron chi connectivity index (χ2n) is 7.20. The summed E-state index contributed by atoms with van der Waals surface area (Å²) in [5.41, 5.74) is 1.80. The lowest BCUT2D eigenvalue weighted by atomic mass is 10.0. The van der Waals surface area contributed by atoms with Crippen LogP contribution in [-0.4, -0.2) is 48.8 Å². The number of halogens is 1. The van der Waals surface area contributed by atoms with Crippen LogP contribution in [0.5, 0.6) is 0 Å². The zero-order valence-electron chi connectivity index (χ0n) is 15.8. The first-order valence-corrected chi connectivity index (χ1v) is 11.7. The summed E-state index contributed by atoms with van der Waals surface area (Å²) in [6.07, 6.45) is 0.874. The SMILES string of the molecule is CC(C)C(=O)N1CCC(NS(=O)(=O)CF)C1Cc1csc(-c2ccccc2)n1. The molecule has 0 aliphatic carbocycles. The summed E-state index contributed by atoms with van der Waals surface area (Å²) < 4.78 is 38.7. The summed E-state index contributed by atoms with van der Waals surface area (Å²) >= 11 is 1.51. The number of benzene rings is 1. The van der Waals surface area contributed by atoms with Gasteiger partial charge in [0.05, 0.1) is 11.7 Å². The summed E-state index contributed by atoms with van der Waals surface area (Å²) in [6, 6.07) is 7.40. The number of amides is 1. The Labute approximate surface area is 168 Å². The number of aromatic nitrogens is 1. The van der Waals surface area contributed by atoms with Gasteiger partial charge in [-0.3, -0.25) is 4.79 Å². The predicted molar refractivity (Wildman–Crippen MR) is 108 cm³/mol. The van der Waals surface area contributed by atoms with Crippen molar-refractivity contribution in [1.29, 1.82) is 0 Å². The number of carbonyl (C=O) groups excluding carboxylic acids is 1. The Morgan fingerprint density at radius 1 is 1.36 bits per heavy atom. The summed E-state index contributed by atoms with van der Waals surface area (Å²) in [7, 11) is -4.01. The van der Waals surface area contributed by atoms with Gasteiger partial charge in [0.15, 0.2) is 0 Å². The molecule has 0 spiro atoms. The molecule has 1 saturated heterocycles. The Balaban J connectivity index is 1.83. The molecule has 1 aliphatic rings. The van der Waals surface area contributed by atoms with Crippen molar-refractivity contribution in [3.63, 3.8) is 0 Å². The lowest BCUT2D eigenvalue weighted by molar-refractivity contribution is -0.135.